The van der Waals surface area contributed by atoms with Crippen molar-refractivity contribution < 1.29 is 0 Å². The van der Waals surface area contributed by atoms with E-state index in [-0.39, 0.29) is 0 Å². The topological polar surface area (TPSA) is 29.3 Å². The second-order valence-corrected chi connectivity index (χ2v) is 4.94. The third-order valence-corrected chi connectivity index (χ3v) is 3.12. The van der Waals surface area contributed by atoms with Gasteiger partial charge in [-0.05, 0) is 51.5 Å². The molecule has 0 aliphatic heterocycles. The molecule has 0 spiro atoms. The first-order valence-electron chi connectivity index (χ1n) is 5.75. The van der Waals surface area contributed by atoms with Crippen molar-refractivity contribution in [2.24, 2.45) is 11.7 Å². The lowest BCUT2D eigenvalue weighted by molar-refractivity contribution is 0.244. The van der Waals surface area contributed by atoms with E-state index in [0.29, 0.717) is 6.04 Å². The molecular weight excluding hydrogens is 160 g/mol. The van der Waals surface area contributed by atoms with Crippen molar-refractivity contribution in [3.8, 4) is 0 Å². The van der Waals surface area contributed by atoms with E-state index in [1.54, 1.807) is 0 Å². The van der Waals surface area contributed by atoms with Gasteiger partial charge in [0.15, 0.2) is 0 Å². The summed E-state index contributed by atoms with van der Waals surface area (Å²) in [4.78, 5) is 2.68. The first-order chi connectivity index (χ1) is 6.25. The molecule has 1 atom stereocenters. The Kier molecular flexibility index (Phi) is 2.89. The Balaban J connectivity index is 1.68. The Morgan fingerprint density at radius 1 is 1.31 bits per heavy atom. The number of nitrogens with two attached hydrogens (primary N) is 1. The molecule has 0 aromatic heterocycles. The van der Waals surface area contributed by atoms with E-state index in [4.69, 9.17) is 5.73 Å². The predicted molar refractivity (Wildman–Crippen MR) is 55.6 cm³/mol. The van der Waals surface area contributed by atoms with Gasteiger partial charge < -0.3 is 10.6 Å². The molecule has 2 rings (SSSR count). The van der Waals surface area contributed by atoms with E-state index in [9.17, 15) is 0 Å². The van der Waals surface area contributed by atoms with Crippen LogP contribution >= 0.6 is 0 Å². The largest absolute Gasteiger partial charge is 0.328 e. The van der Waals surface area contributed by atoms with Crippen LogP contribution in [0.2, 0.25) is 0 Å². The molecule has 13 heavy (non-hydrogen) atoms. The standard InChI is InChI=1S/C11H22N2/c1-9(12)6-7-13(11-4-5-11)8-10-2-3-10/h9-11H,2-8,12H2,1H3. The van der Waals surface area contributed by atoms with E-state index < -0.39 is 0 Å². The normalized spacial score (nSPS) is 25.2. The average molecular weight is 182 g/mol. The van der Waals surface area contributed by atoms with Gasteiger partial charge in [-0.15, -0.1) is 0 Å². The van der Waals surface area contributed by atoms with Crippen molar-refractivity contribution in [1.82, 2.24) is 4.90 Å². The number of hydrogen-bond acceptors (Lipinski definition) is 2. The molecule has 0 aromatic carbocycles. The summed E-state index contributed by atoms with van der Waals surface area (Å²) in [5.41, 5.74) is 5.78. The fourth-order valence-electron chi connectivity index (χ4n) is 1.86. The highest BCUT2D eigenvalue weighted by Crippen LogP contribution is 2.34. The molecule has 1 unspecified atom stereocenters. The van der Waals surface area contributed by atoms with Crippen molar-refractivity contribution >= 4 is 0 Å². The lowest BCUT2D eigenvalue weighted by atomic mass is 10.2. The fourth-order valence-corrected chi connectivity index (χ4v) is 1.86. The van der Waals surface area contributed by atoms with E-state index in [2.05, 4.69) is 11.8 Å². The van der Waals surface area contributed by atoms with Crippen molar-refractivity contribution in [2.75, 3.05) is 13.1 Å². The zero-order chi connectivity index (χ0) is 9.26. The maximum absolute atomic E-state index is 5.78. The first kappa shape index (κ1) is 9.47. The molecule has 2 aliphatic rings. The Morgan fingerprint density at radius 2 is 2.00 bits per heavy atom. The maximum atomic E-state index is 5.78. The van der Waals surface area contributed by atoms with Gasteiger partial charge in [0.25, 0.3) is 0 Å². The van der Waals surface area contributed by atoms with Crippen LogP contribution < -0.4 is 5.73 Å². The zero-order valence-electron chi connectivity index (χ0n) is 8.71. The summed E-state index contributed by atoms with van der Waals surface area (Å²) in [5.74, 6) is 1.04. The molecule has 2 N–H and O–H groups in total. The van der Waals surface area contributed by atoms with Crippen LogP contribution in [0, 0.1) is 5.92 Å². The minimum atomic E-state index is 0.375. The highest BCUT2D eigenvalue weighted by Gasteiger charge is 2.33. The van der Waals surface area contributed by atoms with Crippen LogP contribution in [0.5, 0.6) is 0 Å². The van der Waals surface area contributed by atoms with Gasteiger partial charge in [-0.25, -0.2) is 0 Å². The number of rotatable bonds is 6. The molecule has 76 valence electrons. The van der Waals surface area contributed by atoms with Crippen molar-refractivity contribution in [3.63, 3.8) is 0 Å². The summed E-state index contributed by atoms with van der Waals surface area (Å²) in [6, 6.07) is 1.31. The third kappa shape index (κ3) is 3.28. The van der Waals surface area contributed by atoms with Gasteiger partial charge in [0.05, 0.1) is 0 Å². The SMILES string of the molecule is CC(N)CCN(CC1CC1)C1CC1. The average Bonchev–Trinajstić information content (AvgIpc) is 2.88. The smallest absolute Gasteiger partial charge is 0.00965 e. The maximum Gasteiger partial charge on any atom is 0.00965 e. The molecule has 0 bridgehead atoms. The minimum Gasteiger partial charge on any atom is -0.328 e. The van der Waals surface area contributed by atoms with Gasteiger partial charge in [-0.3, -0.25) is 0 Å². The van der Waals surface area contributed by atoms with Crippen LogP contribution in [0.25, 0.3) is 0 Å². The van der Waals surface area contributed by atoms with E-state index in [1.165, 1.54) is 45.2 Å². The van der Waals surface area contributed by atoms with Gasteiger partial charge in [0, 0.05) is 18.6 Å². The fraction of sp³-hybridized carbons (Fsp3) is 1.00. The lowest BCUT2D eigenvalue weighted by Gasteiger charge is -2.22. The summed E-state index contributed by atoms with van der Waals surface area (Å²) in [6.07, 6.45) is 6.99. The second-order valence-electron chi connectivity index (χ2n) is 4.94. The molecular formula is C11H22N2. The summed E-state index contributed by atoms with van der Waals surface area (Å²) in [5, 5.41) is 0. The lowest BCUT2D eigenvalue weighted by Crippen LogP contribution is -2.32. The molecule has 0 aromatic rings. The summed E-state index contributed by atoms with van der Waals surface area (Å²) in [7, 11) is 0. The summed E-state index contributed by atoms with van der Waals surface area (Å²) >= 11 is 0. The van der Waals surface area contributed by atoms with Gasteiger partial charge in [0.1, 0.15) is 0 Å². The van der Waals surface area contributed by atoms with Crippen LogP contribution in [0.3, 0.4) is 0 Å². The van der Waals surface area contributed by atoms with Gasteiger partial charge in [0.2, 0.25) is 0 Å². The Hall–Kier alpha value is -0.0800. The molecule has 0 radical (unpaired) electrons. The van der Waals surface area contributed by atoms with Gasteiger partial charge >= 0.3 is 0 Å². The Bertz CT molecular complexity index is 159. The van der Waals surface area contributed by atoms with E-state index >= 15 is 0 Å². The molecule has 0 saturated heterocycles. The van der Waals surface area contributed by atoms with Crippen LogP contribution in [0.4, 0.5) is 0 Å². The molecule has 2 saturated carbocycles. The van der Waals surface area contributed by atoms with E-state index in [0.717, 1.165) is 12.0 Å². The predicted octanol–water partition coefficient (Wildman–Crippen LogP) is 1.60. The molecule has 2 nitrogen and oxygen atoms in total. The van der Waals surface area contributed by atoms with Gasteiger partial charge in [-0.1, -0.05) is 0 Å². The summed E-state index contributed by atoms with van der Waals surface area (Å²) < 4.78 is 0. The van der Waals surface area contributed by atoms with Crippen molar-refractivity contribution in [1.29, 1.82) is 0 Å². The van der Waals surface area contributed by atoms with Crippen LogP contribution in [0.15, 0.2) is 0 Å². The molecule has 2 aliphatic carbocycles. The number of hydrogen-bond donors (Lipinski definition) is 1. The quantitative estimate of drug-likeness (QED) is 0.676. The summed E-state index contributed by atoms with van der Waals surface area (Å²) in [6.45, 7) is 4.71. The Labute approximate surface area is 81.5 Å². The minimum absolute atomic E-state index is 0.375. The molecule has 2 fully saturated rings. The van der Waals surface area contributed by atoms with E-state index in [1.807, 2.05) is 0 Å². The number of nitrogens with zero attached hydrogens (tertiary/aromatic N) is 1. The highest BCUT2D eigenvalue weighted by atomic mass is 15.2. The van der Waals surface area contributed by atoms with Crippen molar-refractivity contribution in [2.45, 2.75) is 51.1 Å². The van der Waals surface area contributed by atoms with Crippen LogP contribution in [-0.4, -0.2) is 30.1 Å². The second kappa shape index (κ2) is 3.97. The van der Waals surface area contributed by atoms with Crippen LogP contribution in [0.1, 0.15) is 39.0 Å². The van der Waals surface area contributed by atoms with Crippen molar-refractivity contribution in [3.05, 3.63) is 0 Å². The molecule has 2 heteroatoms. The highest BCUT2D eigenvalue weighted by molar-refractivity contribution is 4.88. The zero-order valence-corrected chi connectivity index (χ0v) is 8.71. The molecule has 0 heterocycles. The molecule has 0 amide bonds. The van der Waals surface area contributed by atoms with Crippen LogP contribution in [-0.2, 0) is 0 Å². The third-order valence-electron chi connectivity index (χ3n) is 3.12. The first-order valence-corrected chi connectivity index (χ1v) is 5.75. The Morgan fingerprint density at radius 3 is 2.46 bits per heavy atom. The monoisotopic (exact) mass is 182 g/mol. The van der Waals surface area contributed by atoms with Gasteiger partial charge in [-0.2, -0.15) is 0 Å².